The van der Waals surface area contributed by atoms with Crippen molar-refractivity contribution in [2.45, 2.75) is 25.2 Å². The Balaban J connectivity index is 1.44. The van der Waals surface area contributed by atoms with Crippen LogP contribution >= 0.6 is 0 Å². The van der Waals surface area contributed by atoms with Crippen molar-refractivity contribution in [3.8, 4) is 5.75 Å². The first kappa shape index (κ1) is 26.4. The van der Waals surface area contributed by atoms with Gasteiger partial charge in [-0.05, 0) is 37.2 Å². The quantitative estimate of drug-likeness (QED) is 0.433. The number of piperidine rings is 1. The molecule has 0 unspecified atom stereocenters. The standard InChI is InChI=1S/C25H27BF2N6O3/c1-2-22(35)32-20-5-4-17(12-21(20)37-11-10-33-8-3-7-25(27,28)16-33)23(36)34-9-6-19(15-34)31-24-29-13-18(26)14-30-24/h2,4-5,12-14H,1,3,6-11,15-16H2,(H,32,35)/b31-19+. The fourth-order valence-electron chi connectivity index (χ4n) is 4.20. The van der Waals surface area contributed by atoms with Gasteiger partial charge >= 0.3 is 0 Å². The number of nitrogens with one attached hydrogen (secondary N) is 1. The van der Waals surface area contributed by atoms with Crippen LogP contribution in [0, 0.1) is 0 Å². The molecule has 9 nitrogen and oxygen atoms in total. The van der Waals surface area contributed by atoms with E-state index in [0.29, 0.717) is 55.7 Å². The molecule has 2 aliphatic heterocycles. The predicted octanol–water partition coefficient (Wildman–Crippen LogP) is 2.12. The SMILES string of the molecule is [B]c1cnc(/N=C2\CCN(C(=O)c3ccc(NC(=O)C=C)c(OCCN4CCCC(F)(F)C4)c3)C2)nc1. The van der Waals surface area contributed by atoms with Gasteiger partial charge in [-0.15, -0.1) is 0 Å². The summed E-state index contributed by atoms with van der Waals surface area (Å²) in [5.74, 6) is -2.82. The van der Waals surface area contributed by atoms with Crippen molar-refractivity contribution in [3.05, 3.63) is 48.8 Å². The van der Waals surface area contributed by atoms with Gasteiger partial charge in [-0.3, -0.25) is 14.5 Å². The lowest BCUT2D eigenvalue weighted by Gasteiger charge is -2.32. The van der Waals surface area contributed by atoms with E-state index >= 15 is 0 Å². The van der Waals surface area contributed by atoms with Gasteiger partial charge in [0.05, 0.1) is 18.8 Å². The molecule has 12 heteroatoms. The van der Waals surface area contributed by atoms with Crippen molar-refractivity contribution in [2.24, 2.45) is 4.99 Å². The molecule has 2 amide bonds. The molecule has 0 atom stereocenters. The third-order valence-corrected chi connectivity index (χ3v) is 6.06. The van der Waals surface area contributed by atoms with Crippen LogP contribution in [0.2, 0.25) is 0 Å². The fraction of sp³-hybridized carbons (Fsp3) is 0.400. The summed E-state index contributed by atoms with van der Waals surface area (Å²) in [7, 11) is 5.60. The van der Waals surface area contributed by atoms with Crippen LogP contribution in [0.25, 0.3) is 0 Å². The number of ether oxygens (including phenoxy) is 1. The largest absolute Gasteiger partial charge is 0.490 e. The van der Waals surface area contributed by atoms with Gasteiger partial charge in [0.25, 0.3) is 11.8 Å². The highest BCUT2D eigenvalue weighted by molar-refractivity contribution is 6.31. The number of amides is 2. The number of carbonyl (C=O) groups is 2. The third kappa shape index (κ3) is 7.19. The molecular weight excluding hydrogens is 481 g/mol. The van der Waals surface area contributed by atoms with E-state index in [0.717, 1.165) is 11.8 Å². The summed E-state index contributed by atoms with van der Waals surface area (Å²) in [5.41, 5.74) is 1.92. The van der Waals surface area contributed by atoms with Gasteiger partial charge < -0.3 is 15.0 Å². The third-order valence-electron chi connectivity index (χ3n) is 6.06. The molecule has 192 valence electrons. The summed E-state index contributed by atoms with van der Waals surface area (Å²) in [5, 5.41) is 2.65. The van der Waals surface area contributed by atoms with E-state index in [-0.39, 0.29) is 37.2 Å². The van der Waals surface area contributed by atoms with Crippen LogP contribution in [-0.2, 0) is 4.79 Å². The first-order valence-corrected chi connectivity index (χ1v) is 12.0. The zero-order chi connectivity index (χ0) is 26.4. The van der Waals surface area contributed by atoms with E-state index < -0.39 is 11.8 Å². The fourth-order valence-corrected chi connectivity index (χ4v) is 4.20. The Labute approximate surface area is 215 Å². The molecule has 1 aromatic carbocycles. The maximum Gasteiger partial charge on any atom is 0.260 e. The smallest absolute Gasteiger partial charge is 0.260 e. The Morgan fingerprint density at radius 1 is 1.27 bits per heavy atom. The van der Waals surface area contributed by atoms with Gasteiger partial charge in [-0.25, -0.2) is 23.7 Å². The normalized spacial score (nSPS) is 18.5. The van der Waals surface area contributed by atoms with Crippen LogP contribution in [0.1, 0.15) is 29.6 Å². The van der Waals surface area contributed by atoms with Gasteiger partial charge in [0.2, 0.25) is 11.9 Å². The number of anilines is 1. The number of hydrogen-bond donors (Lipinski definition) is 1. The van der Waals surface area contributed by atoms with Crippen LogP contribution in [0.3, 0.4) is 0 Å². The van der Waals surface area contributed by atoms with E-state index in [1.807, 2.05) is 0 Å². The summed E-state index contributed by atoms with van der Waals surface area (Å²) in [4.78, 5) is 40.9. The molecule has 0 saturated carbocycles. The zero-order valence-corrected chi connectivity index (χ0v) is 20.3. The van der Waals surface area contributed by atoms with E-state index in [9.17, 15) is 18.4 Å². The van der Waals surface area contributed by atoms with Crippen LogP contribution < -0.4 is 15.5 Å². The molecule has 2 aliphatic rings. The van der Waals surface area contributed by atoms with E-state index in [2.05, 4.69) is 26.9 Å². The lowest BCUT2D eigenvalue weighted by molar-refractivity contribution is -0.111. The summed E-state index contributed by atoms with van der Waals surface area (Å²) < 4.78 is 33.3. The van der Waals surface area contributed by atoms with Crippen LogP contribution in [0.5, 0.6) is 5.75 Å². The first-order chi connectivity index (χ1) is 17.7. The van der Waals surface area contributed by atoms with Gasteiger partial charge in [0.1, 0.15) is 20.2 Å². The van der Waals surface area contributed by atoms with Crippen molar-refractivity contribution in [1.29, 1.82) is 0 Å². The number of likely N-dealkylation sites (tertiary alicyclic amines) is 2. The average Bonchev–Trinajstić information content (AvgIpc) is 3.33. The summed E-state index contributed by atoms with van der Waals surface area (Å²) in [6.07, 6.45) is 4.95. The predicted molar refractivity (Wildman–Crippen MR) is 136 cm³/mol. The Kier molecular flexibility index (Phi) is 8.27. The second-order valence-electron chi connectivity index (χ2n) is 8.96. The first-order valence-electron chi connectivity index (χ1n) is 12.0. The number of aromatic nitrogens is 2. The lowest BCUT2D eigenvalue weighted by atomic mass is 10.0. The maximum absolute atomic E-state index is 13.7. The second kappa shape index (κ2) is 11.6. The number of rotatable bonds is 8. The minimum absolute atomic E-state index is 0.109. The summed E-state index contributed by atoms with van der Waals surface area (Å²) >= 11 is 0. The molecule has 1 N–H and O–H groups in total. The van der Waals surface area contributed by atoms with Crippen LogP contribution in [0.4, 0.5) is 20.4 Å². The topological polar surface area (TPSA) is 100 Å². The van der Waals surface area contributed by atoms with Gasteiger partial charge in [0.15, 0.2) is 0 Å². The number of benzene rings is 1. The Bertz CT molecular complexity index is 1190. The minimum atomic E-state index is -2.70. The van der Waals surface area contributed by atoms with Crippen molar-refractivity contribution in [2.75, 3.05) is 44.6 Å². The zero-order valence-electron chi connectivity index (χ0n) is 20.3. The van der Waals surface area contributed by atoms with Crippen molar-refractivity contribution in [1.82, 2.24) is 19.8 Å². The molecule has 1 aromatic heterocycles. The molecule has 2 saturated heterocycles. The van der Waals surface area contributed by atoms with E-state index in [4.69, 9.17) is 12.6 Å². The Morgan fingerprint density at radius 3 is 2.78 bits per heavy atom. The van der Waals surface area contributed by atoms with Gasteiger partial charge in [-0.1, -0.05) is 12.0 Å². The number of carbonyl (C=O) groups excluding carboxylic acids is 2. The highest BCUT2D eigenvalue weighted by Gasteiger charge is 2.34. The minimum Gasteiger partial charge on any atom is -0.490 e. The lowest BCUT2D eigenvalue weighted by Crippen LogP contribution is -2.44. The van der Waals surface area contributed by atoms with Crippen molar-refractivity contribution < 1.29 is 23.1 Å². The Morgan fingerprint density at radius 2 is 2.05 bits per heavy atom. The molecule has 2 aromatic rings. The highest BCUT2D eigenvalue weighted by Crippen LogP contribution is 2.29. The molecular formula is C25H27BF2N6O3. The number of hydrogen-bond acceptors (Lipinski definition) is 7. The van der Waals surface area contributed by atoms with Crippen LogP contribution in [0.15, 0.2) is 48.2 Å². The van der Waals surface area contributed by atoms with Crippen molar-refractivity contribution in [3.63, 3.8) is 0 Å². The molecule has 3 heterocycles. The molecule has 2 fully saturated rings. The monoisotopic (exact) mass is 508 g/mol. The van der Waals surface area contributed by atoms with Crippen molar-refractivity contribution >= 4 is 42.5 Å². The maximum atomic E-state index is 13.7. The molecule has 0 aliphatic carbocycles. The molecule has 0 spiro atoms. The molecule has 37 heavy (non-hydrogen) atoms. The number of aliphatic imine (C=N–C) groups is 1. The molecule has 4 rings (SSSR count). The number of nitrogens with zero attached hydrogens (tertiary/aromatic N) is 5. The summed E-state index contributed by atoms with van der Waals surface area (Å²) in [6.45, 7) is 4.91. The molecule has 0 bridgehead atoms. The highest BCUT2D eigenvalue weighted by atomic mass is 19.3. The van der Waals surface area contributed by atoms with E-state index in [1.165, 1.54) is 12.4 Å². The second-order valence-corrected chi connectivity index (χ2v) is 8.96. The average molecular weight is 508 g/mol. The van der Waals surface area contributed by atoms with Crippen LogP contribution in [-0.4, -0.2) is 90.4 Å². The van der Waals surface area contributed by atoms with Gasteiger partial charge in [-0.2, -0.15) is 0 Å². The molecule has 2 radical (unpaired) electrons. The Hall–Kier alpha value is -3.67. The number of halogens is 2. The summed E-state index contributed by atoms with van der Waals surface area (Å²) in [6, 6.07) is 4.72. The van der Waals surface area contributed by atoms with Gasteiger partial charge in [0, 0.05) is 49.6 Å². The van der Waals surface area contributed by atoms with E-state index in [1.54, 1.807) is 28.0 Å². The number of alkyl halides is 2.